The monoisotopic (exact) mass is 330 g/mol. The molecular formula is C19H26N2O3. The average molecular weight is 330 g/mol. The second-order valence-corrected chi connectivity index (χ2v) is 7.00. The molecule has 2 fully saturated rings. The Morgan fingerprint density at radius 1 is 1.29 bits per heavy atom. The molecule has 0 spiro atoms. The zero-order valence-corrected chi connectivity index (χ0v) is 14.5. The Labute approximate surface area is 143 Å². The van der Waals surface area contributed by atoms with Crippen LogP contribution in [0.4, 0.5) is 0 Å². The van der Waals surface area contributed by atoms with Crippen LogP contribution in [0.25, 0.3) is 0 Å². The highest BCUT2D eigenvalue weighted by Crippen LogP contribution is 2.29. The van der Waals surface area contributed by atoms with Crippen LogP contribution in [-0.4, -0.2) is 53.9 Å². The van der Waals surface area contributed by atoms with Gasteiger partial charge in [-0.05, 0) is 25.8 Å². The Hall–Kier alpha value is -1.88. The molecule has 0 unspecified atom stereocenters. The third-order valence-electron chi connectivity index (χ3n) is 5.12. The number of ether oxygens (including phenoxy) is 1. The highest BCUT2D eigenvalue weighted by atomic mass is 16.5. The zero-order valence-electron chi connectivity index (χ0n) is 14.5. The molecule has 5 nitrogen and oxygen atoms in total. The number of morpholine rings is 1. The topological polar surface area (TPSA) is 49.9 Å². The van der Waals surface area contributed by atoms with Crippen molar-refractivity contribution in [1.29, 1.82) is 0 Å². The van der Waals surface area contributed by atoms with Crippen molar-refractivity contribution in [3.8, 4) is 0 Å². The molecule has 2 aliphatic rings. The fourth-order valence-corrected chi connectivity index (χ4v) is 3.68. The molecule has 0 N–H and O–H groups in total. The van der Waals surface area contributed by atoms with Crippen LogP contribution in [0.1, 0.15) is 38.7 Å². The molecule has 0 aliphatic carbocycles. The summed E-state index contributed by atoms with van der Waals surface area (Å²) in [4.78, 5) is 28.3. The summed E-state index contributed by atoms with van der Waals surface area (Å²) >= 11 is 0. The lowest BCUT2D eigenvalue weighted by Gasteiger charge is -2.41. The maximum Gasteiger partial charge on any atom is 0.224 e. The van der Waals surface area contributed by atoms with Gasteiger partial charge >= 0.3 is 0 Å². The van der Waals surface area contributed by atoms with Crippen molar-refractivity contribution in [2.24, 2.45) is 0 Å². The number of nitrogens with zero attached hydrogens (tertiary/aromatic N) is 2. The minimum atomic E-state index is -0.470. The quantitative estimate of drug-likeness (QED) is 0.850. The molecule has 1 aromatic rings. The van der Waals surface area contributed by atoms with E-state index in [9.17, 15) is 9.59 Å². The highest BCUT2D eigenvalue weighted by Gasteiger charge is 2.36. The van der Waals surface area contributed by atoms with E-state index in [1.54, 1.807) is 0 Å². The van der Waals surface area contributed by atoms with Gasteiger partial charge in [-0.25, -0.2) is 0 Å². The van der Waals surface area contributed by atoms with Gasteiger partial charge in [0.25, 0.3) is 0 Å². The van der Waals surface area contributed by atoms with Crippen molar-refractivity contribution in [1.82, 2.24) is 9.80 Å². The highest BCUT2D eigenvalue weighted by molar-refractivity contribution is 5.81. The van der Waals surface area contributed by atoms with Gasteiger partial charge in [0.2, 0.25) is 11.8 Å². The standard InChI is InChI=1S/C19H26N2O3/c1-15(21-10-6-9-17(21)22)13-18(23)20-11-12-24-19(2,14-20)16-7-4-3-5-8-16/h3-5,7-8,15H,6,9-14H2,1-2H3/t15-,19-/m1/s1. The van der Waals surface area contributed by atoms with Gasteiger partial charge in [0.15, 0.2) is 0 Å². The predicted octanol–water partition coefficient (Wildman–Crippen LogP) is 2.16. The Morgan fingerprint density at radius 3 is 2.71 bits per heavy atom. The lowest BCUT2D eigenvalue weighted by atomic mass is 9.93. The first-order valence-corrected chi connectivity index (χ1v) is 8.76. The summed E-state index contributed by atoms with van der Waals surface area (Å²) in [6, 6.07) is 10.0. The SMILES string of the molecule is C[C@H](CC(=O)N1CCO[C@@](C)(c2ccccc2)C1)N1CCCC1=O. The molecule has 130 valence electrons. The fourth-order valence-electron chi connectivity index (χ4n) is 3.68. The number of carbonyl (C=O) groups is 2. The molecule has 2 atom stereocenters. The number of amides is 2. The van der Waals surface area contributed by atoms with Crippen molar-refractivity contribution in [3.05, 3.63) is 35.9 Å². The van der Waals surface area contributed by atoms with E-state index in [-0.39, 0.29) is 17.9 Å². The molecule has 2 amide bonds. The van der Waals surface area contributed by atoms with E-state index in [1.807, 2.05) is 54.0 Å². The normalized spacial score (nSPS) is 25.8. The second-order valence-electron chi connectivity index (χ2n) is 7.00. The number of hydrogen-bond donors (Lipinski definition) is 0. The molecule has 3 rings (SSSR count). The minimum absolute atomic E-state index is 0.0293. The Kier molecular flexibility index (Phi) is 4.90. The number of rotatable bonds is 4. The van der Waals surface area contributed by atoms with E-state index in [0.29, 0.717) is 32.5 Å². The van der Waals surface area contributed by atoms with Crippen LogP contribution in [-0.2, 0) is 19.9 Å². The third kappa shape index (κ3) is 3.46. The second kappa shape index (κ2) is 6.93. The third-order valence-corrected chi connectivity index (χ3v) is 5.12. The fraction of sp³-hybridized carbons (Fsp3) is 0.579. The molecular weight excluding hydrogens is 304 g/mol. The van der Waals surface area contributed by atoms with E-state index in [2.05, 4.69) is 0 Å². The van der Waals surface area contributed by atoms with Gasteiger partial charge in [-0.15, -0.1) is 0 Å². The van der Waals surface area contributed by atoms with Crippen LogP contribution >= 0.6 is 0 Å². The largest absolute Gasteiger partial charge is 0.367 e. The molecule has 0 bridgehead atoms. The lowest BCUT2D eigenvalue weighted by Crippen LogP contribution is -2.51. The van der Waals surface area contributed by atoms with Gasteiger partial charge in [0.05, 0.1) is 13.2 Å². The Morgan fingerprint density at radius 2 is 2.04 bits per heavy atom. The molecule has 2 aliphatic heterocycles. The molecule has 2 saturated heterocycles. The summed E-state index contributed by atoms with van der Waals surface area (Å²) in [7, 11) is 0. The van der Waals surface area contributed by atoms with Crippen LogP contribution in [0.2, 0.25) is 0 Å². The molecule has 24 heavy (non-hydrogen) atoms. The lowest BCUT2D eigenvalue weighted by molar-refractivity contribution is -0.151. The van der Waals surface area contributed by atoms with Crippen molar-refractivity contribution in [2.45, 2.75) is 44.8 Å². The van der Waals surface area contributed by atoms with E-state index in [1.165, 1.54) is 0 Å². The molecule has 2 heterocycles. The van der Waals surface area contributed by atoms with Crippen LogP contribution in [0.15, 0.2) is 30.3 Å². The first kappa shape index (κ1) is 17.0. The first-order valence-electron chi connectivity index (χ1n) is 8.76. The van der Waals surface area contributed by atoms with Gasteiger partial charge in [0.1, 0.15) is 5.60 Å². The van der Waals surface area contributed by atoms with E-state index < -0.39 is 5.60 Å². The van der Waals surface area contributed by atoms with Gasteiger partial charge in [-0.1, -0.05) is 30.3 Å². The van der Waals surface area contributed by atoms with Crippen LogP contribution < -0.4 is 0 Å². The van der Waals surface area contributed by atoms with Crippen molar-refractivity contribution < 1.29 is 14.3 Å². The van der Waals surface area contributed by atoms with E-state index in [0.717, 1.165) is 18.5 Å². The molecule has 0 aromatic heterocycles. The smallest absolute Gasteiger partial charge is 0.224 e. The predicted molar refractivity (Wildman–Crippen MR) is 91.4 cm³/mol. The minimum Gasteiger partial charge on any atom is -0.367 e. The summed E-state index contributed by atoms with van der Waals surface area (Å²) in [5.74, 6) is 0.277. The Bertz CT molecular complexity index is 604. The first-order chi connectivity index (χ1) is 11.5. The average Bonchev–Trinajstić information content (AvgIpc) is 3.02. The molecule has 0 radical (unpaired) electrons. The molecule has 5 heteroatoms. The van der Waals surface area contributed by atoms with Crippen LogP contribution in [0, 0.1) is 0 Å². The number of hydrogen-bond acceptors (Lipinski definition) is 3. The van der Waals surface area contributed by atoms with Crippen molar-refractivity contribution in [2.75, 3.05) is 26.2 Å². The van der Waals surface area contributed by atoms with Gasteiger partial charge < -0.3 is 14.5 Å². The van der Waals surface area contributed by atoms with E-state index >= 15 is 0 Å². The van der Waals surface area contributed by atoms with Gasteiger partial charge in [0, 0.05) is 32.0 Å². The summed E-state index contributed by atoms with van der Waals surface area (Å²) < 4.78 is 6.00. The maximum atomic E-state index is 12.7. The summed E-state index contributed by atoms with van der Waals surface area (Å²) in [5.41, 5.74) is 0.618. The number of carbonyl (C=O) groups excluding carboxylic acids is 2. The van der Waals surface area contributed by atoms with Gasteiger partial charge in [-0.3, -0.25) is 9.59 Å². The zero-order chi connectivity index (χ0) is 17.2. The molecule has 0 saturated carbocycles. The van der Waals surface area contributed by atoms with Crippen LogP contribution in [0.3, 0.4) is 0 Å². The van der Waals surface area contributed by atoms with E-state index in [4.69, 9.17) is 4.74 Å². The summed E-state index contributed by atoms with van der Waals surface area (Å²) in [6.07, 6.45) is 1.90. The van der Waals surface area contributed by atoms with Crippen LogP contribution in [0.5, 0.6) is 0 Å². The number of benzene rings is 1. The maximum absolute atomic E-state index is 12.7. The molecule has 1 aromatic carbocycles. The summed E-state index contributed by atoms with van der Waals surface area (Å²) in [5, 5.41) is 0. The van der Waals surface area contributed by atoms with Crippen molar-refractivity contribution in [3.63, 3.8) is 0 Å². The van der Waals surface area contributed by atoms with Crippen molar-refractivity contribution >= 4 is 11.8 Å². The number of likely N-dealkylation sites (tertiary alicyclic amines) is 1. The van der Waals surface area contributed by atoms with Gasteiger partial charge in [-0.2, -0.15) is 0 Å². The summed E-state index contributed by atoms with van der Waals surface area (Å²) in [6.45, 7) is 6.48. The Balaban J connectivity index is 1.64.